The SMILES string of the molecule is C=C1CC1OC(C)(C)C. The summed E-state index contributed by atoms with van der Waals surface area (Å²) in [5.41, 5.74) is 1.24. The molecule has 1 rings (SSSR count). The van der Waals surface area contributed by atoms with Crippen LogP contribution < -0.4 is 0 Å². The Kier molecular flexibility index (Phi) is 1.39. The second kappa shape index (κ2) is 1.84. The third kappa shape index (κ3) is 2.19. The largest absolute Gasteiger partial charge is 0.368 e. The minimum absolute atomic E-state index is 0.00407. The molecule has 1 heteroatoms. The molecule has 0 aromatic heterocycles. The van der Waals surface area contributed by atoms with Crippen molar-refractivity contribution in [2.75, 3.05) is 0 Å². The standard InChI is InChI=1S/C8H14O/c1-6-5-7(6)9-8(2,3)4/h7H,1,5H2,2-4H3. The van der Waals surface area contributed by atoms with Gasteiger partial charge in [0.15, 0.2) is 0 Å². The molecule has 52 valence electrons. The lowest BCUT2D eigenvalue weighted by Gasteiger charge is -2.18. The molecule has 0 bridgehead atoms. The normalized spacial score (nSPS) is 26.6. The Morgan fingerprint density at radius 1 is 1.56 bits per heavy atom. The molecule has 0 saturated heterocycles. The molecule has 1 atom stereocenters. The van der Waals surface area contributed by atoms with Gasteiger partial charge in [-0.05, 0) is 26.3 Å². The van der Waals surface area contributed by atoms with Gasteiger partial charge in [-0.15, -0.1) is 0 Å². The molecule has 1 aliphatic rings. The molecule has 0 N–H and O–H groups in total. The number of ether oxygens (including phenoxy) is 1. The van der Waals surface area contributed by atoms with Crippen molar-refractivity contribution in [2.24, 2.45) is 0 Å². The molecule has 0 aromatic carbocycles. The van der Waals surface area contributed by atoms with E-state index < -0.39 is 0 Å². The van der Waals surface area contributed by atoms with Crippen molar-refractivity contribution in [3.05, 3.63) is 12.2 Å². The van der Waals surface area contributed by atoms with E-state index in [-0.39, 0.29) is 5.60 Å². The summed E-state index contributed by atoms with van der Waals surface area (Å²) in [6.45, 7) is 10.0. The highest BCUT2D eigenvalue weighted by molar-refractivity contribution is 5.21. The summed E-state index contributed by atoms with van der Waals surface area (Å²) in [7, 11) is 0. The van der Waals surface area contributed by atoms with E-state index in [1.54, 1.807) is 0 Å². The first-order valence-electron chi connectivity index (χ1n) is 3.34. The van der Waals surface area contributed by atoms with E-state index in [4.69, 9.17) is 4.74 Å². The topological polar surface area (TPSA) is 9.23 Å². The van der Waals surface area contributed by atoms with Crippen molar-refractivity contribution in [1.82, 2.24) is 0 Å². The predicted octanol–water partition coefficient (Wildman–Crippen LogP) is 2.13. The summed E-state index contributed by atoms with van der Waals surface area (Å²) < 4.78 is 5.56. The highest BCUT2D eigenvalue weighted by atomic mass is 16.5. The Labute approximate surface area is 56.7 Å². The van der Waals surface area contributed by atoms with E-state index in [1.165, 1.54) is 5.57 Å². The van der Waals surface area contributed by atoms with Crippen molar-refractivity contribution in [3.8, 4) is 0 Å². The Morgan fingerprint density at radius 3 is 2.11 bits per heavy atom. The molecule has 0 heterocycles. The van der Waals surface area contributed by atoms with Crippen LogP contribution in [0.5, 0.6) is 0 Å². The monoisotopic (exact) mass is 126 g/mol. The van der Waals surface area contributed by atoms with Gasteiger partial charge in [0.2, 0.25) is 0 Å². The van der Waals surface area contributed by atoms with Gasteiger partial charge in [-0.3, -0.25) is 0 Å². The minimum atomic E-state index is 0.00407. The first-order chi connectivity index (χ1) is 3.99. The second-order valence-electron chi connectivity index (χ2n) is 3.58. The van der Waals surface area contributed by atoms with Gasteiger partial charge in [0.05, 0.1) is 11.7 Å². The van der Waals surface area contributed by atoms with Gasteiger partial charge in [0.25, 0.3) is 0 Å². The highest BCUT2D eigenvalue weighted by Crippen LogP contribution is 2.33. The summed E-state index contributed by atoms with van der Waals surface area (Å²) >= 11 is 0. The van der Waals surface area contributed by atoms with Crippen LogP contribution >= 0.6 is 0 Å². The van der Waals surface area contributed by atoms with Crippen LogP contribution in [0.1, 0.15) is 27.2 Å². The lowest BCUT2D eigenvalue weighted by Crippen LogP contribution is -2.20. The summed E-state index contributed by atoms with van der Waals surface area (Å²) in [5, 5.41) is 0. The third-order valence-corrected chi connectivity index (χ3v) is 1.24. The predicted molar refractivity (Wildman–Crippen MR) is 38.4 cm³/mol. The third-order valence-electron chi connectivity index (χ3n) is 1.24. The van der Waals surface area contributed by atoms with Crippen molar-refractivity contribution in [1.29, 1.82) is 0 Å². The van der Waals surface area contributed by atoms with Crippen molar-refractivity contribution in [2.45, 2.75) is 38.9 Å². The van der Waals surface area contributed by atoms with Gasteiger partial charge in [-0.2, -0.15) is 0 Å². The van der Waals surface area contributed by atoms with Gasteiger partial charge in [0, 0.05) is 6.42 Å². The Morgan fingerprint density at radius 2 is 2.00 bits per heavy atom. The van der Waals surface area contributed by atoms with E-state index >= 15 is 0 Å². The van der Waals surface area contributed by atoms with Gasteiger partial charge < -0.3 is 4.74 Å². The minimum Gasteiger partial charge on any atom is -0.368 e. The van der Waals surface area contributed by atoms with Crippen molar-refractivity contribution >= 4 is 0 Å². The molecule has 1 saturated carbocycles. The summed E-state index contributed by atoms with van der Waals surface area (Å²) in [4.78, 5) is 0. The smallest absolute Gasteiger partial charge is 0.0828 e. The molecule has 1 aliphatic carbocycles. The molecule has 1 nitrogen and oxygen atoms in total. The van der Waals surface area contributed by atoms with Gasteiger partial charge in [0.1, 0.15) is 0 Å². The zero-order valence-corrected chi connectivity index (χ0v) is 6.40. The fraction of sp³-hybridized carbons (Fsp3) is 0.750. The molecule has 1 fully saturated rings. The second-order valence-corrected chi connectivity index (χ2v) is 3.58. The van der Waals surface area contributed by atoms with E-state index in [2.05, 4.69) is 27.4 Å². The van der Waals surface area contributed by atoms with Gasteiger partial charge >= 0.3 is 0 Å². The maximum Gasteiger partial charge on any atom is 0.0828 e. The Hall–Kier alpha value is -0.300. The first kappa shape index (κ1) is 6.81. The molecular weight excluding hydrogens is 112 g/mol. The fourth-order valence-corrected chi connectivity index (χ4v) is 0.731. The van der Waals surface area contributed by atoms with Crippen LogP contribution in [0, 0.1) is 0 Å². The molecule has 0 aliphatic heterocycles. The van der Waals surface area contributed by atoms with Crippen molar-refractivity contribution < 1.29 is 4.74 Å². The van der Waals surface area contributed by atoms with Crippen LogP contribution in [-0.2, 0) is 4.74 Å². The molecule has 0 amide bonds. The number of hydrogen-bond donors (Lipinski definition) is 0. The summed E-state index contributed by atoms with van der Waals surface area (Å²) in [6, 6.07) is 0. The maximum absolute atomic E-state index is 5.56. The summed E-state index contributed by atoms with van der Waals surface area (Å²) in [5.74, 6) is 0. The average Bonchev–Trinajstić information content (AvgIpc) is 2.13. The molecule has 0 aromatic rings. The van der Waals surface area contributed by atoms with Gasteiger partial charge in [-0.25, -0.2) is 0 Å². The molecular formula is C8H14O. The Balaban J connectivity index is 2.27. The van der Waals surface area contributed by atoms with E-state index in [0.717, 1.165) is 6.42 Å². The summed E-state index contributed by atoms with van der Waals surface area (Å²) in [6.07, 6.45) is 1.43. The number of hydrogen-bond acceptors (Lipinski definition) is 1. The lowest BCUT2D eigenvalue weighted by atomic mass is 10.2. The average molecular weight is 126 g/mol. The van der Waals surface area contributed by atoms with Crippen LogP contribution in [0.4, 0.5) is 0 Å². The number of rotatable bonds is 1. The Bertz CT molecular complexity index is 130. The lowest BCUT2D eigenvalue weighted by molar-refractivity contribution is -0.00953. The van der Waals surface area contributed by atoms with Crippen LogP contribution in [0.2, 0.25) is 0 Å². The quantitative estimate of drug-likeness (QED) is 0.489. The maximum atomic E-state index is 5.56. The molecule has 1 unspecified atom stereocenters. The zero-order chi connectivity index (χ0) is 7.07. The molecule has 0 spiro atoms. The van der Waals surface area contributed by atoms with Crippen LogP contribution in [0.15, 0.2) is 12.2 Å². The molecule has 0 radical (unpaired) electrons. The van der Waals surface area contributed by atoms with Crippen LogP contribution in [0.25, 0.3) is 0 Å². The van der Waals surface area contributed by atoms with Gasteiger partial charge in [-0.1, -0.05) is 6.58 Å². The van der Waals surface area contributed by atoms with Crippen LogP contribution in [0.3, 0.4) is 0 Å². The highest BCUT2D eigenvalue weighted by Gasteiger charge is 2.32. The first-order valence-corrected chi connectivity index (χ1v) is 3.34. The van der Waals surface area contributed by atoms with Crippen molar-refractivity contribution in [3.63, 3.8) is 0 Å². The van der Waals surface area contributed by atoms with Crippen LogP contribution in [-0.4, -0.2) is 11.7 Å². The van der Waals surface area contributed by atoms with E-state index in [1.807, 2.05) is 0 Å². The fourth-order valence-electron chi connectivity index (χ4n) is 0.731. The van der Waals surface area contributed by atoms with E-state index in [9.17, 15) is 0 Å². The van der Waals surface area contributed by atoms with E-state index in [0.29, 0.717) is 6.10 Å². The zero-order valence-electron chi connectivity index (χ0n) is 6.40. The molecule has 9 heavy (non-hydrogen) atoms.